The third-order valence-corrected chi connectivity index (χ3v) is 4.73. The van der Waals surface area contributed by atoms with Gasteiger partial charge in [-0.2, -0.15) is 0 Å². The van der Waals surface area contributed by atoms with Crippen molar-refractivity contribution >= 4 is 0 Å². The van der Waals surface area contributed by atoms with Crippen LogP contribution in [0.25, 0.3) is 11.4 Å². The maximum absolute atomic E-state index is 12.0. The van der Waals surface area contributed by atoms with Gasteiger partial charge in [-0.15, -0.1) is 0 Å². The predicted molar refractivity (Wildman–Crippen MR) is 109 cm³/mol. The summed E-state index contributed by atoms with van der Waals surface area (Å²) in [5, 5.41) is 14.3. The molecule has 0 aliphatic heterocycles. The van der Waals surface area contributed by atoms with Gasteiger partial charge in [-0.1, -0.05) is 65.8 Å². The summed E-state index contributed by atoms with van der Waals surface area (Å²) in [6.07, 6.45) is 2.54. The molecular weight excluding hydrogens is 354 g/mol. The van der Waals surface area contributed by atoms with Crippen molar-refractivity contribution in [3.63, 3.8) is 0 Å². The maximum Gasteiger partial charge on any atom is 0.441 e. The second-order valence-corrected chi connectivity index (χ2v) is 7.11. The highest BCUT2D eigenvalue weighted by Gasteiger charge is 2.17. The van der Waals surface area contributed by atoms with Gasteiger partial charge in [0.25, 0.3) is 0 Å². The van der Waals surface area contributed by atoms with E-state index in [-0.39, 0.29) is 6.54 Å². The molecule has 2 aromatic carbocycles. The average Bonchev–Trinajstić information content (AvgIpc) is 3.07. The Morgan fingerprint density at radius 3 is 2.46 bits per heavy atom. The summed E-state index contributed by atoms with van der Waals surface area (Å²) in [6, 6.07) is 19.8. The number of hydrogen-bond donors (Lipinski definition) is 1. The number of benzene rings is 2. The number of aromatic nitrogens is 2. The summed E-state index contributed by atoms with van der Waals surface area (Å²) >= 11 is 0. The Labute approximate surface area is 165 Å². The second kappa shape index (κ2) is 10.0. The van der Waals surface area contributed by atoms with Gasteiger partial charge in [0.05, 0.1) is 12.6 Å². The van der Waals surface area contributed by atoms with Gasteiger partial charge in [0, 0.05) is 12.1 Å². The lowest BCUT2D eigenvalue weighted by Crippen LogP contribution is -2.34. The van der Waals surface area contributed by atoms with Crippen molar-refractivity contribution in [3.8, 4) is 11.4 Å². The third-order valence-electron chi connectivity index (χ3n) is 4.73. The molecule has 1 heterocycles. The first-order valence-corrected chi connectivity index (χ1v) is 9.66. The molecule has 0 bridgehead atoms. The van der Waals surface area contributed by atoms with Gasteiger partial charge in [0.2, 0.25) is 0 Å². The normalized spacial score (nSPS) is 12.4. The number of unbranched alkanes of at least 4 members (excludes halogenated alkanes) is 1. The van der Waals surface area contributed by atoms with Crippen molar-refractivity contribution in [3.05, 3.63) is 76.8 Å². The summed E-state index contributed by atoms with van der Waals surface area (Å²) in [4.78, 5) is 14.1. The molecular formula is C22H27N3O3. The van der Waals surface area contributed by atoms with Crippen LogP contribution in [0.2, 0.25) is 0 Å². The summed E-state index contributed by atoms with van der Waals surface area (Å²) in [5.74, 6) is -0.112. The fraction of sp³-hybridized carbons (Fsp3) is 0.364. The molecule has 1 aromatic heterocycles. The maximum atomic E-state index is 12.0. The van der Waals surface area contributed by atoms with Crippen molar-refractivity contribution < 1.29 is 9.63 Å². The minimum atomic E-state index is -0.682. The standard InChI is InChI=1S/C22H27N3O3/c1-24(15-9-8-12-18-10-4-2-5-11-18)16-20(26)17-25-21(23-28-22(25)27)19-13-6-3-7-14-19/h2-7,10-11,13-14,20,26H,8-9,12,15-17H2,1H3. The summed E-state index contributed by atoms with van der Waals surface area (Å²) in [7, 11) is 1.99. The molecule has 0 amide bonds. The molecule has 0 fully saturated rings. The number of aliphatic hydroxyl groups excluding tert-OH is 1. The monoisotopic (exact) mass is 381 g/mol. The van der Waals surface area contributed by atoms with Crippen LogP contribution in [0.1, 0.15) is 18.4 Å². The molecule has 0 aliphatic rings. The molecule has 28 heavy (non-hydrogen) atoms. The van der Waals surface area contributed by atoms with E-state index in [0.29, 0.717) is 12.4 Å². The molecule has 6 heteroatoms. The SMILES string of the molecule is CN(CCCCc1ccccc1)CC(O)Cn1c(-c2ccccc2)noc1=O. The van der Waals surface area contributed by atoms with Crippen LogP contribution in [0.4, 0.5) is 0 Å². The van der Waals surface area contributed by atoms with Crippen LogP contribution >= 0.6 is 0 Å². The van der Waals surface area contributed by atoms with Crippen LogP contribution < -0.4 is 5.76 Å². The Kier molecular flexibility index (Phi) is 7.17. The molecule has 1 N–H and O–H groups in total. The first kappa shape index (κ1) is 20.0. The zero-order valence-electron chi connectivity index (χ0n) is 16.2. The fourth-order valence-corrected chi connectivity index (χ4v) is 3.30. The molecule has 148 valence electrons. The molecule has 0 radical (unpaired) electrons. The number of aliphatic hydroxyl groups is 1. The number of rotatable bonds is 10. The van der Waals surface area contributed by atoms with E-state index in [1.807, 2.05) is 43.4 Å². The highest BCUT2D eigenvalue weighted by molar-refractivity contribution is 5.54. The van der Waals surface area contributed by atoms with Crippen LogP contribution in [0.5, 0.6) is 0 Å². The predicted octanol–water partition coefficient (Wildman–Crippen LogP) is 2.82. The van der Waals surface area contributed by atoms with E-state index >= 15 is 0 Å². The van der Waals surface area contributed by atoms with Gasteiger partial charge in [0.15, 0.2) is 5.82 Å². The highest BCUT2D eigenvalue weighted by atomic mass is 16.5. The van der Waals surface area contributed by atoms with Gasteiger partial charge in [0.1, 0.15) is 0 Å². The molecule has 3 rings (SSSR count). The summed E-state index contributed by atoms with van der Waals surface area (Å²) in [5.41, 5.74) is 2.14. The third kappa shape index (κ3) is 5.65. The van der Waals surface area contributed by atoms with Crippen LogP contribution in [0.15, 0.2) is 70.0 Å². The second-order valence-electron chi connectivity index (χ2n) is 7.11. The van der Waals surface area contributed by atoms with Gasteiger partial charge in [-0.05, 0) is 38.4 Å². The van der Waals surface area contributed by atoms with E-state index in [1.165, 1.54) is 10.1 Å². The van der Waals surface area contributed by atoms with Crippen molar-refractivity contribution in [1.82, 2.24) is 14.6 Å². The van der Waals surface area contributed by atoms with Crippen molar-refractivity contribution in [2.24, 2.45) is 0 Å². The van der Waals surface area contributed by atoms with E-state index < -0.39 is 11.9 Å². The Morgan fingerprint density at radius 2 is 1.75 bits per heavy atom. The van der Waals surface area contributed by atoms with Crippen LogP contribution in [-0.4, -0.2) is 46.0 Å². The van der Waals surface area contributed by atoms with Crippen LogP contribution in [0, 0.1) is 0 Å². The van der Waals surface area contributed by atoms with E-state index in [9.17, 15) is 9.90 Å². The molecule has 0 saturated heterocycles. The lowest BCUT2D eigenvalue weighted by Gasteiger charge is -2.20. The number of aryl methyl sites for hydroxylation is 1. The van der Waals surface area contributed by atoms with Crippen molar-refractivity contribution in [2.45, 2.75) is 31.9 Å². The Bertz CT molecular complexity index is 890. The Hall–Kier alpha value is -2.70. The number of likely N-dealkylation sites (N-methyl/N-ethyl adjacent to an activating group) is 1. The number of hydrogen-bond acceptors (Lipinski definition) is 5. The molecule has 6 nitrogen and oxygen atoms in total. The molecule has 1 atom stereocenters. The molecule has 3 aromatic rings. The summed E-state index contributed by atoms with van der Waals surface area (Å²) in [6.45, 7) is 1.53. The molecule has 0 spiro atoms. The van der Waals surface area contributed by atoms with Crippen molar-refractivity contribution in [2.75, 3.05) is 20.1 Å². The van der Waals surface area contributed by atoms with E-state index in [0.717, 1.165) is 31.4 Å². The van der Waals surface area contributed by atoms with Crippen molar-refractivity contribution in [1.29, 1.82) is 0 Å². The van der Waals surface area contributed by atoms with Crippen LogP contribution in [-0.2, 0) is 13.0 Å². The van der Waals surface area contributed by atoms with E-state index in [1.54, 1.807) is 0 Å². The molecule has 1 unspecified atom stereocenters. The van der Waals surface area contributed by atoms with Gasteiger partial charge in [-0.25, -0.2) is 4.79 Å². The first-order chi connectivity index (χ1) is 13.6. The Balaban J connectivity index is 1.47. The quantitative estimate of drug-likeness (QED) is 0.547. The Morgan fingerprint density at radius 1 is 1.07 bits per heavy atom. The highest BCUT2D eigenvalue weighted by Crippen LogP contribution is 2.15. The van der Waals surface area contributed by atoms with Gasteiger partial charge < -0.3 is 10.0 Å². The molecule has 0 saturated carbocycles. The number of nitrogens with zero attached hydrogens (tertiary/aromatic N) is 3. The van der Waals surface area contributed by atoms with E-state index in [4.69, 9.17) is 4.52 Å². The average molecular weight is 381 g/mol. The zero-order chi connectivity index (χ0) is 19.8. The lowest BCUT2D eigenvalue weighted by atomic mass is 10.1. The van der Waals surface area contributed by atoms with E-state index in [2.05, 4.69) is 34.3 Å². The molecule has 0 aliphatic carbocycles. The van der Waals surface area contributed by atoms with Gasteiger partial charge >= 0.3 is 5.76 Å². The lowest BCUT2D eigenvalue weighted by molar-refractivity contribution is 0.107. The fourth-order valence-electron chi connectivity index (χ4n) is 3.30. The smallest absolute Gasteiger partial charge is 0.390 e. The topological polar surface area (TPSA) is 71.5 Å². The minimum Gasteiger partial charge on any atom is -0.390 e. The first-order valence-electron chi connectivity index (χ1n) is 9.66. The largest absolute Gasteiger partial charge is 0.441 e. The van der Waals surface area contributed by atoms with Gasteiger partial charge in [-0.3, -0.25) is 9.09 Å². The minimum absolute atomic E-state index is 0.154. The summed E-state index contributed by atoms with van der Waals surface area (Å²) < 4.78 is 6.20. The van der Waals surface area contributed by atoms with Crippen LogP contribution in [0.3, 0.4) is 0 Å². The zero-order valence-corrected chi connectivity index (χ0v) is 16.2.